The van der Waals surface area contributed by atoms with Gasteiger partial charge in [-0.1, -0.05) is 37.3 Å². The van der Waals surface area contributed by atoms with Crippen molar-refractivity contribution in [3.8, 4) is 0 Å². The Morgan fingerprint density at radius 2 is 1.91 bits per heavy atom. The average molecular weight is 315 g/mol. The van der Waals surface area contributed by atoms with Gasteiger partial charge in [0.2, 0.25) is 0 Å². The molecule has 0 bridgehead atoms. The molecular formula is C19H29N3O. The second kappa shape index (κ2) is 8.27. The van der Waals surface area contributed by atoms with Crippen molar-refractivity contribution >= 4 is 0 Å². The summed E-state index contributed by atoms with van der Waals surface area (Å²) < 4.78 is 1.91. The highest BCUT2D eigenvalue weighted by Gasteiger charge is 2.18. The second-order valence-corrected chi connectivity index (χ2v) is 6.26. The van der Waals surface area contributed by atoms with Crippen LogP contribution in [-0.2, 0) is 19.5 Å². The molecule has 0 spiro atoms. The van der Waals surface area contributed by atoms with Crippen LogP contribution in [0.4, 0.5) is 0 Å². The Morgan fingerprint density at radius 1 is 1.22 bits per heavy atom. The predicted molar refractivity (Wildman–Crippen MR) is 94.5 cm³/mol. The van der Waals surface area contributed by atoms with Gasteiger partial charge in [-0.3, -0.25) is 9.58 Å². The zero-order valence-corrected chi connectivity index (χ0v) is 14.8. The fourth-order valence-electron chi connectivity index (χ4n) is 3.15. The Hall–Kier alpha value is -1.65. The van der Waals surface area contributed by atoms with Crippen molar-refractivity contribution < 1.29 is 5.11 Å². The first-order chi connectivity index (χ1) is 11.1. The number of hydrogen-bond acceptors (Lipinski definition) is 3. The van der Waals surface area contributed by atoms with Gasteiger partial charge in [-0.25, -0.2) is 0 Å². The lowest BCUT2D eigenvalue weighted by Gasteiger charge is -2.27. The zero-order chi connectivity index (χ0) is 16.8. The normalized spacial score (nSPS) is 12.8. The van der Waals surface area contributed by atoms with E-state index in [9.17, 15) is 0 Å². The van der Waals surface area contributed by atoms with E-state index in [1.807, 2.05) is 4.68 Å². The Morgan fingerprint density at radius 3 is 2.52 bits per heavy atom. The standard InChI is InChI=1S/C19H29N3O/c1-5-18(13-17-9-7-6-8-10-17)21(4)14-19-15(2)20-22(11-12-23)16(19)3/h6-10,18,23H,5,11-14H2,1-4H3. The van der Waals surface area contributed by atoms with E-state index in [2.05, 4.69) is 68.1 Å². The first-order valence-electron chi connectivity index (χ1n) is 8.44. The fourth-order valence-corrected chi connectivity index (χ4v) is 3.15. The molecule has 1 aromatic heterocycles. The van der Waals surface area contributed by atoms with Crippen molar-refractivity contribution in [1.29, 1.82) is 0 Å². The smallest absolute Gasteiger partial charge is 0.0644 e. The van der Waals surface area contributed by atoms with Crippen LogP contribution in [0.1, 0.15) is 35.9 Å². The lowest BCUT2D eigenvalue weighted by molar-refractivity contribution is 0.225. The summed E-state index contributed by atoms with van der Waals surface area (Å²) >= 11 is 0. The Kier molecular flexibility index (Phi) is 6.37. The Balaban J connectivity index is 2.09. The molecule has 1 atom stereocenters. The number of rotatable bonds is 8. The van der Waals surface area contributed by atoms with Gasteiger partial charge in [0.05, 0.1) is 18.8 Å². The average Bonchev–Trinajstić information content (AvgIpc) is 2.81. The van der Waals surface area contributed by atoms with Crippen LogP contribution in [-0.4, -0.2) is 39.5 Å². The van der Waals surface area contributed by atoms with E-state index in [4.69, 9.17) is 5.11 Å². The third kappa shape index (κ3) is 4.43. The van der Waals surface area contributed by atoms with Crippen molar-refractivity contribution in [2.24, 2.45) is 0 Å². The summed E-state index contributed by atoms with van der Waals surface area (Å²) in [5.41, 5.74) is 4.90. The summed E-state index contributed by atoms with van der Waals surface area (Å²) in [4.78, 5) is 2.42. The first kappa shape index (κ1) is 17.7. The number of aryl methyl sites for hydroxylation is 1. The minimum Gasteiger partial charge on any atom is -0.394 e. The molecule has 1 aromatic carbocycles. The summed E-state index contributed by atoms with van der Waals surface area (Å²) in [6.45, 7) is 7.99. The molecule has 0 aliphatic heterocycles. The van der Waals surface area contributed by atoms with E-state index in [1.165, 1.54) is 11.1 Å². The fraction of sp³-hybridized carbons (Fsp3) is 0.526. The number of likely N-dealkylation sites (N-methyl/N-ethyl adjacent to an activating group) is 1. The maximum absolute atomic E-state index is 9.15. The lowest BCUT2D eigenvalue weighted by Crippen LogP contribution is -2.32. The number of aliphatic hydroxyl groups is 1. The van der Waals surface area contributed by atoms with Gasteiger partial charge in [-0.2, -0.15) is 5.10 Å². The van der Waals surface area contributed by atoms with Gasteiger partial charge in [-0.05, 0) is 39.3 Å². The van der Waals surface area contributed by atoms with Crippen LogP contribution in [0.3, 0.4) is 0 Å². The van der Waals surface area contributed by atoms with E-state index in [0.717, 1.165) is 30.8 Å². The zero-order valence-electron chi connectivity index (χ0n) is 14.8. The van der Waals surface area contributed by atoms with Crippen molar-refractivity contribution in [1.82, 2.24) is 14.7 Å². The van der Waals surface area contributed by atoms with Crippen LogP contribution in [0.5, 0.6) is 0 Å². The molecule has 23 heavy (non-hydrogen) atoms. The summed E-state index contributed by atoms with van der Waals surface area (Å²) in [5.74, 6) is 0. The van der Waals surface area contributed by atoms with Crippen LogP contribution in [0.15, 0.2) is 30.3 Å². The highest BCUT2D eigenvalue weighted by molar-refractivity contribution is 5.24. The molecule has 0 radical (unpaired) electrons. The van der Waals surface area contributed by atoms with Crippen LogP contribution < -0.4 is 0 Å². The number of nitrogens with zero attached hydrogens (tertiary/aromatic N) is 3. The largest absolute Gasteiger partial charge is 0.394 e. The third-order valence-electron chi connectivity index (χ3n) is 4.66. The van der Waals surface area contributed by atoms with Crippen LogP contribution in [0, 0.1) is 13.8 Å². The number of hydrogen-bond donors (Lipinski definition) is 1. The molecule has 1 N–H and O–H groups in total. The molecule has 1 heterocycles. The molecule has 0 saturated carbocycles. The summed E-state index contributed by atoms with van der Waals surface area (Å²) in [6, 6.07) is 11.2. The Labute approximate surface area is 139 Å². The van der Waals surface area contributed by atoms with Gasteiger partial charge >= 0.3 is 0 Å². The number of benzene rings is 1. The molecule has 0 saturated heterocycles. The summed E-state index contributed by atoms with van der Waals surface area (Å²) in [5, 5.41) is 13.7. The SMILES string of the molecule is CCC(Cc1ccccc1)N(C)Cc1c(C)nn(CCO)c1C. The Bertz CT molecular complexity index is 607. The maximum atomic E-state index is 9.15. The number of aromatic nitrogens is 2. The molecule has 0 aliphatic carbocycles. The molecule has 4 heteroatoms. The molecule has 0 amide bonds. The van der Waals surface area contributed by atoms with E-state index in [0.29, 0.717) is 12.6 Å². The van der Waals surface area contributed by atoms with E-state index >= 15 is 0 Å². The van der Waals surface area contributed by atoms with Gasteiger partial charge in [0.15, 0.2) is 0 Å². The molecule has 2 rings (SSSR count). The van der Waals surface area contributed by atoms with E-state index in [-0.39, 0.29) is 6.61 Å². The highest BCUT2D eigenvalue weighted by Crippen LogP contribution is 2.19. The predicted octanol–water partition coefficient (Wildman–Crippen LogP) is 2.95. The first-order valence-corrected chi connectivity index (χ1v) is 8.44. The second-order valence-electron chi connectivity index (χ2n) is 6.26. The van der Waals surface area contributed by atoms with Gasteiger partial charge in [0, 0.05) is 23.8 Å². The van der Waals surface area contributed by atoms with Crippen molar-refractivity contribution in [2.75, 3.05) is 13.7 Å². The number of aliphatic hydroxyl groups excluding tert-OH is 1. The highest BCUT2D eigenvalue weighted by atomic mass is 16.3. The maximum Gasteiger partial charge on any atom is 0.0644 e. The van der Waals surface area contributed by atoms with Gasteiger partial charge in [0.1, 0.15) is 0 Å². The molecule has 0 aliphatic rings. The molecule has 0 fully saturated rings. The van der Waals surface area contributed by atoms with Crippen LogP contribution >= 0.6 is 0 Å². The molecular weight excluding hydrogens is 286 g/mol. The minimum absolute atomic E-state index is 0.128. The van der Waals surface area contributed by atoms with Crippen molar-refractivity contribution in [3.63, 3.8) is 0 Å². The summed E-state index contributed by atoms with van der Waals surface area (Å²) in [6.07, 6.45) is 2.19. The van der Waals surface area contributed by atoms with Crippen molar-refractivity contribution in [3.05, 3.63) is 52.8 Å². The quantitative estimate of drug-likeness (QED) is 0.814. The molecule has 4 nitrogen and oxygen atoms in total. The molecule has 1 unspecified atom stereocenters. The van der Waals surface area contributed by atoms with Crippen LogP contribution in [0.2, 0.25) is 0 Å². The topological polar surface area (TPSA) is 41.3 Å². The van der Waals surface area contributed by atoms with Gasteiger partial charge in [-0.15, -0.1) is 0 Å². The minimum atomic E-state index is 0.128. The van der Waals surface area contributed by atoms with E-state index < -0.39 is 0 Å². The monoisotopic (exact) mass is 315 g/mol. The van der Waals surface area contributed by atoms with E-state index in [1.54, 1.807) is 0 Å². The van der Waals surface area contributed by atoms with Crippen molar-refractivity contribution in [2.45, 2.75) is 52.7 Å². The molecule has 2 aromatic rings. The third-order valence-corrected chi connectivity index (χ3v) is 4.66. The lowest BCUT2D eigenvalue weighted by atomic mass is 10.0. The van der Waals surface area contributed by atoms with Gasteiger partial charge in [0.25, 0.3) is 0 Å². The summed E-state index contributed by atoms with van der Waals surface area (Å²) in [7, 11) is 2.19. The molecule has 126 valence electrons. The van der Waals surface area contributed by atoms with Crippen LogP contribution in [0.25, 0.3) is 0 Å². The van der Waals surface area contributed by atoms with Gasteiger partial charge < -0.3 is 5.11 Å².